The zero-order valence-corrected chi connectivity index (χ0v) is 32.5. The standard InChI is InChI=1S/C31H52N8O13S/c1-11-14-20(40)37(6)23(53-16-13-12-15-18(24(43)51-9)25(44)52-10)22(42)36(5)19(17-31(2,3)50)21(41)33-28(47)39(8)30(49)35-26(45)34-29(48)38(7)27(46)32-4/h18-19,23,50H,11-17H2,1-10H3,(H,32,46)(H,33,41,47)(H2,34,35,45,48,49)/t19-,23+/m0/s1. The van der Waals surface area contributed by atoms with E-state index < -0.39 is 83.3 Å². The third-order valence-electron chi connectivity index (χ3n) is 7.47. The van der Waals surface area contributed by atoms with E-state index in [1.54, 1.807) is 17.6 Å². The molecule has 13 amide bonds. The molecular weight excluding hydrogens is 724 g/mol. The van der Waals surface area contributed by atoms with Gasteiger partial charge < -0.3 is 29.7 Å². The van der Waals surface area contributed by atoms with Crippen LogP contribution >= 0.6 is 11.8 Å². The fourth-order valence-corrected chi connectivity index (χ4v) is 5.60. The maximum Gasteiger partial charge on any atom is 0.333 e. The lowest BCUT2D eigenvalue weighted by Gasteiger charge is -2.36. The van der Waals surface area contributed by atoms with Crippen LogP contribution in [0.2, 0.25) is 0 Å². The molecule has 0 aromatic carbocycles. The predicted molar refractivity (Wildman–Crippen MR) is 189 cm³/mol. The number of amides is 13. The van der Waals surface area contributed by atoms with Crippen molar-refractivity contribution in [2.24, 2.45) is 5.92 Å². The maximum atomic E-state index is 14.0. The molecule has 0 spiro atoms. The number of esters is 2. The lowest BCUT2D eigenvalue weighted by Crippen LogP contribution is -2.58. The van der Waals surface area contributed by atoms with E-state index in [9.17, 15) is 53.1 Å². The van der Waals surface area contributed by atoms with Crippen molar-refractivity contribution in [1.82, 2.24) is 40.9 Å². The van der Waals surface area contributed by atoms with Crippen LogP contribution in [0.3, 0.4) is 0 Å². The summed E-state index contributed by atoms with van der Waals surface area (Å²) in [5.74, 6) is -4.61. The molecule has 0 unspecified atom stereocenters. The highest BCUT2D eigenvalue weighted by Crippen LogP contribution is 2.24. The lowest BCUT2D eigenvalue weighted by molar-refractivity contribution is -0.159. The third-order valence-corrected chi connectivity index (χ3v) is 8.83. The van der Waals surface area contributed by atoms with Gasteiger partial charge in [0, 0.05) is 48.1 Å². The summed E-state index contributed by atoms with van der Waals surface area (Å²) >= 11 is 1.06. The Kier molecular flexibility index (Phi) is 20.7. The molecule has 22 heteroatoms. The molecule has 0 aromatic rings. The van der Waals surface area contributed by atoms with E-state index in [-0.39, 0.29) is 29.4 Å². The predicted octanol–water partition coefficient (Wildman–Crippen LogP) is 0.403. The van der Waals surface area contributed by atoms with Crippen molar-refractivity contribution in [2.75, 3.05) is 55.2 Å². The Morgan fingerprint density at radius 1 is 0.755 bits per heavy atom. The average Bonchev–Trinajstić information content (AvgIpc) is 3.10. The Morgan fingerprint density at radius 2 is 1.25 bits per heavy atom. The topological polar surface area (TPSA) is 270 Å². The van der Waals surface area contributed by atoms with Gasteiger partial charge in [0.15, 0.2) is 11.3 Å². The number of likely N-dealkylation sites (N-methyl/N-ethyl adjacent to an activating group) is 2. The van der Waals surface area contributed by atoms with E-state index in [1.165, 1.54) is 39.9 Å². The van der Waals surface area contributed by atoms with Crippen LogP contribution in [0.15, 0.2) is 0 Å². The van der Waals surface area contributed by atoms with Crippen molar-refractivity contribution in [3.05, 3.63) is 0 Å². The number of nitrogens with zero attached hydrogens (tertiary/aromatic N) is 4. The van der Waals surface area contributed by atoms with Crippen LogP contribution in [0, 0.1) is 5.92 Å². The summed E-state index contributed by atoms with van der Waals surface area (Å²) in [5.41, 5.74) is -1.57. The number of urea groups is 5. The van der Waals surface area contributed by atoms with E-state index in [2.05, 4.69) is 14.8 Å². The van der Waals surface area contributed by atoms with Gasteiger partial charge in [-0.3, -0.25) is 39.9 Å². The van der Waals surface area contributed by atoms with Gasteiger partial charge in [0.1, 0.15) is 6.04 Å². The molecule has 0 aliphatic carbocycles. The number of carbonyl (C=O) groups is 10. The van der Waals surface area contributed by atoms with E-state index in [0.29, 0.717) is 24.2 Å². The minimum atomic E-state index is -1.57. The highest BCUT2D eigenvalue weighted by atomic mass is 32.2. The number of unbranched alkanes of at least 4 members (excludes halogenated alkanes) is 1. The second kappa shape index (κ2) is 22.8. The number of thioether (sulfide) groups is 1. The number of aliphatic hydroxyl groups is 1. The maximum absolute atomic E-state index is 14.0. The van der Waals surface area contributed by atoms with Crippen molar-refractivity contribution < 1.29 is 62.5 Å². The Bertz CT molecular complexity index is 1360. The molecular formula is C31H52N8O13S. The molecule has 53 heavy (non-hydrogen) atoms. The molecule has 21 nitrogen and oxygen atoms in total. The first-order valence-electron chi connectivity index (χ1n) is 16.3. The van der Waals surface area contributed by atoms with Gasteiger partial charge in [-0.2, -0.15) is 0 Å². The highest BCUT2D eigenvalue weighted by Gasteiger charge is 2.38. The summed E-state index contributed by atoms with van der Waals surface area (Å²) in [6.45, 7) is 4.48. The highest BCUT2D eigenvalue weighted by molar-refractivity contribution is 8.00. The number of imide groups is 5. The summed E-state index contributed by atoms with van der Waals surface area (Å²) in [6.07, 6.45) is 1.04. The van der Waals surface area contributed by atoms with Crippen LogP contribution in [0.25, 0.3) is 0 Å². The molecule has 0 radical (unpaired) electrons. The van der Waals surface area contributed by atoms with Crippen molar-refractivity contribution in [3.8, 4) is 0 Å². The molecule has 2 atom stereocenters. The van der Waals surface area contributed by atoms with Crippen LogP contribution in [-0.2, 0) is 33.4 Å². The number of carbonyl (C=O) groups excluding carboxylic acids is 10. The smallest absolute Gasteiger partial charge is 0.333 e. The van der Waals surface area contributed by atoms with Crippen molar-refractivity contribution in [3.63, 3.8) is 0 Å². The first-order valence-corrected chi connectivity index (χ1v) is 17.3. The molecule has 0 rings (SSSR count). The second-order valence-electron chi connectivity index (χ2n) is 12.2. The Labute approximate surface area is 312 Å². The van der Waals surface area contributed by atoms with Crippen LogP contribution < -0.4 is 21.3 Å². The molecule has 0 bridgehead atoms. The van der Waals surface area contributed by atoms with Gasteiger partial charge in [0.05, 0.1) is 19.8 Å². The van der Waals surface area contributed by atoms with Gasteiger partial charge in [-0.25, -0.2) is 33.8 Å². The number of hydrogen-bond acceptors (Lipinski definition) is 14. The van der Waals surface area contributed by atoms with Crippen molar-refractivity contribution >= 4 is 71.6 Å². The molecule has 300 valence electrons. The average molecular weight is 777 g/mol. The number of hydrogen-bond donors (Lipinski definition) is 5. The molecule has 0 aliphatic heterocycles. The fourth-order valence-electron chi connectivity index (χ4n) is 4.36. The van der Waals surface area contributed by atoms with Gasteiger partial charge in [-0.15, -0.1) is 11.8 Å². The summed E-state index contributed by atoms with van der Waals surface area (Å²) in [4.78, 5) is 128. The first-order chi connectivity index (χ1) is 24.6. The third kappa shape index (κ3) is 16.1. The van der Waals surface area contributed by atoms with Gasteiger partial charge in [-0.05, 0) is 38.9 Å². The van der Waals surface area contributed by atoms with Crippen molar-refractivity contribution in [2.45, 2.75) is 76.3 Å². The molecule has 0 heterocycles. The number of ether oxygens (including phenoxy) is 2. The SMILES string of the molecule is CCCC(=O)N(C)[C@H](SCCCCC(C(=O)OC)C(=O)OC)C(=O)N(C)[C@@H](CC(C)(C)O)C(=O)NC(=O)N(C)C(=O)NC(=O)NC(=O)N(C)C(=O)NC. The van der Waals surface area contributed by atoms with E-state index in [4.69, 9.17) is 0 Å². The molecule has 0 saturated carbocycles. The molecule has 0 aliphatic rings. The quantitative estimate of drug-likeness (QED) is 0.0615. The van der Waals surface area contributed by atoms with Crippen molar-refractivity contribution in [1.29, 1.82) is 0 Å². The largest absolute Gasteiger partial charge is 0.468 e. The zero-order chi connectivity index (χ0) is 41.2. The monoisotopic (exact) mass is 776 g/mol. The molecule has 0 fully saturated rings. The molecule has 0 saturated heterocycles. The number of rotatable bonds is 16. The van der Waals surface area contributed by atoms with E-state index in [0.717, 1.165) is 45.0 Å². The summed E-state index contributed by atoms with van der Waals surface area (Å²) in [6, 6.07) is -7.74. The first kappa shape index (κ1) is 48.0. The normalized spacial score (nSPS) is 11.9. The summed E-state index contributed by atoms with van der Waals surface area (Å²) in [7, 11) is 8.10. The number of methoxy groups -OCH3 is 2. The number of nitrogens with one attached hydrogen (secondary N) is 4. The van der Waals surface area contributed by atoms with Crippen LogP contribution in [0.4, 0.5) is 24.0 Å². The van der Waals surface area contributed by atoms with Crippen LogP contribution in [-0.4, -0.2) is 157 Å². The fraction of sp³-hybridized carbons (Fsp3) is 0.677. The molecule has 0 aromatic heterocycles. The van der Waals surface area contributed by atoms with Gasteiger partial charge in [-0.1, -0.05) is 13.3 Å². The van der Waals surface area contributed by atoms with Gasteiger partial charge in [0.2, 0.25) is 5.91 Å². The van der Waals surface area contributed by atoms with Gasteiger partial charge >= 0.3 is 42.1 Å². The van der Waals surface area contributed by atoms with Crippen LogP contribution in [0.1, 0.15) is 59.3 Å². The minimum absolute atomic E-state index is 0.106. The summed E-state index contributed by atoms with van der Waals surface area (Å²) < 4.78 is 9.33. The van der Waals surface area contributed by atoms with Crippen LogP contribution in [0.5, 0.6) is 0 Å². The Morgan fingerprint density at radius 3 is 1.70 bits per heavy atom. The minimum Gasteiger partial charge on any atom is -0.468 e. The zero-order valence-electron chi connectivity index (χ0n) is 31.7. The van der Waals surface area contributed by atoms with Gasteiger partial charge in [0.25, 0.3) is 11.8 Å². The molecule has 5 N–H and O–H groups in total. The second-order valence-corrected chi connectivity index (χ2v) is 13.4. The Balaban J connectivity index is 5.96. The lowest BCUT2D eigenvalue weighted by atomic mass is 9.97. The summed E-state index contributed by atoms with van der Waals surface area (Å²) in [5, 5.41) is 16.9. The van der Waals surface area contributed by atoms with E-state index in [1.807, 2.05) is 5.32 Å². The Hall–Kier alpha value is -4.99. The van der Waals surface area contributed by atoms with E-state index >= 15 is 0 Å².